The lowest BCUT2D eigenvalue weighted by atomic mass is 10.1. The van der Waals surface area contributed by atoms with Crippen molar-refractivity contribution in [2.24, 2.45) is 0 Å². The summed E-state index contributed by atoms with van der Waals surface area (Å²) in [6.45, 7) is 0.986. The highest BCUT2D eigenvalue weighted by atomic mass is 32.2. The van der Waals surface area contributed by atoms with Crippen LogP contribution in [0.25, 0.3) is 11.6 Å². The molecule has 1 saturated heterocycles. The minimum atomic E-state index is -3.60. The van der Waals surface area contributed by atoms with E-state index in [4.69, 9.17) is 0 Å². The summed E-state index contributed by atoms with van der Waals surface area (Å²) in [5, 5.41) is 9.51. The van der Waals surface area contributed by atoms with Crippen LogP contribution in [-0.2, 0) is 14.8 Å². The van der Waals surface area contributed by atoms with Gasteiger partial charge in [0.1, 0.15) is 10.0 Å². The van der Waals surface area contributed by atoms with Crippen LogP contribution in [-0.4, -0.2) is 36.9 Å². The van der Waals surface area contributed by atoms with E-state index in [0.717, 1.165) is 30.6 Å². The van der Waals surface area contributed by atoms with Crippen LogP contribution in [0, 0.1) is 5.82 Å². The fourth-order valence-corrected chi connectivity index (χ4v) is 5.79. The Kier molecular flexibility index (Phi) is 5.55. The minimum Gasteiger partial charge on any atom is -0.478 e. The van der Waals surface area contributed by atoms with Gasteiger partial charge in [0.25, 0.3) is 10.0 Å². The number of sulfonamides is 1. The molecule has 0 atom stereocenters. The van der Waals surface area contributed by atoms with Gasteiger partial charge in [0.05, 0.1) is 5.57 Å². The van der Waals surface area contributed by atoms with E-state index in [9.17, 15) is 22.7 Å². The average Bonchev–Trinajstić information content (AvgIpc) is 3.12. The first kappa shape index (κ1) is 18.8. The molecule has 0 aliphatic carbocycles. The third kappa shape index (κ3) is 4.03. The number of aliphatic carboxylic acids is 1. The summed E-state index contributed by atoms with van der Waals surface area (Å²) in [6, 6.07) is 8.38. The van der Waals surface area contributed by atoms with Gasteiger partial charge in [0.2, 0.25) is 0 Å². The molecule has 8 heteroatoms. The van der Waals surface area contributed by atoms with Crippen molar-refractivity contribution < 1.29 is 22.7 Å². The van der Waals surface area contributed by atoms with Crippen LogP contribution in [0.5, 0.6) is 0 Å². The van der Waals surface area contributed by atoms with Gasteiger partial charge in [0.15, 0.2) is 0 Å². The van der Waals surface area contributed by atoms with E-state index in [2.05, 4.69) is 0 Å². The Morgan fingerprint density at radius 1 is 1.08 bits per heavy atom. The van der Waals surface area contributed by atoms with Crippen LogP contribution in [0.4, 0.5) is 4.39 Å². The molecule has 1 aromatic heterocycles. The summed E-state index contributed by atoms with van der Waals surface area (Å²) in [5.74, 6) is -1.58. The molecule has 0 radical (unpaired) electrons. The number of carboxylic acid groups (broad SMARTS) is 1. The molecule has 1 aliphatic heterocycles. The molecule has 0 unspecified atom stereocenters. The normalized spacial score (nSPS) is 16.6. The molecule has 138 valence electrons. The van der Waals surface area contributed by atoms with Crippen LogP contribution in [0.15, 0.2) is 40.6 Å². The summed E-state index contributed by atoms with van der Waals surface area (Å²) < 4.78 is 40.0. The largest absolute Gasteiger partial charge is 0.478 e. The molecule has 1 aliphatic rings. The van der Waals surface area contributed by atoms with Gasteiger partial charge in [-0.2, -0.15) is 4.31 Å². The van der Waals surface area contributed by atoms with E-state index in [1.54, 1.807) is 0 Å². The molecule has 1 N–H and O–H groups in total. The highest BCUT2D eigenvalue weighted by Gasteiger charge is 2.28. The second kappa shape index (κ2) is 7.69. The third-order valence-electron chi connectivity index (χ3n) is 4.17. The summed E-state index contributed by atoms with van der Waals surface area (Å²) in [5.41, 5.74) is 0.499. The van der Waals surface area contributed by atoms with E-state index < -0.39 is 21.8 Å². The first-order valence-electron chi connectivity index (χ1n) is 8.19. The zero-order chi connectivity index (χ0) is 18.7. The topological polar surface area (TPSA) is 74.7 Å². The van der Waals surface area contributed by atoms with Crippen LogP contribution in [0.3, 0.4) is 0 Å². The first-order chi connectivity index (χ1) is 12.4. The molecule has 26 heavy (non-hydrogen) atoms. The molecule has 0 saturated carbocycles. The van der Waals surface area contributed by atoms with E-state index in [-0.39, 0.29) is 9.78 Å². The SMILES string of the molecule is O=C(O)/C(=C\c1ccc(F)cc1)c1ccc(S(=O)(=O)N2CCCCC2)s1. The lowest BCUT2D eigenvalue weighted by Gasteiger charge is -2.25. The van der Waals surface area contributed by atoms with Crippen LogP contribution in [0.2, 0.25) is 0 Å². The number of thiophene rings is 1. The molecular weight excluding hydrogens is 377 g/mol. The predicted molar refractivity (Wildman–Crippen MR) is 98.8 cm³/mol. The number of nitrogens with zero attached hydrogens (tertiary/aromatic N) is 1. The second-order valence-electron chi connectivity index (χ2n) is 6.00. The van der Waals surface area contributed by atoms with Gasteiger partial charge in [-0.25, -0.2) is 17.6 Å². The Bertz CT molecular complexity index is 926. The second-order valence-corrected chi connectivity index (χ2v) is 9.25. The number of piperidine rings is 1. The Balaban J connectivity index is 1.93. The van der Waals surface area contributed by atoms with E-state index in [0.29, 0.717) is 23.5 Å². The van der Waals surface area contributed by atoms with Crippen molar-refractivity contribution >= 4 is 39.0 Å². The van der Waals surface area contributed by atoms with Crippen molar-refractivity contribution in [3.05, 3.63) is 52.7 Å². The maximum absolute atomic E-state index is 13.0. The number of benzene rings is 1. The standard InChI is InChI=1S/C18H18FNO4S2/c19-14-6-4-13(5-7-14)12-15(18(21)22)16-8-9-17(25-16)26(23,24)20-10-2-1-3-11-20/h4-9,12H,1-3,10-11H2,(H,21,22)/b15-12-. The molecule has 2 aromatic rings. The number of hydrogen-bond donors (Lipinski definition) is 1. The number of carboxylic acids is 1. The summed E-state index contributed by atoms with van der Waals surface area (Å²) in [4.78, 5) is 12.0. The summed E-state index contributed by atoms with van der Waals surface area (Å²) in [6.07, 6.45) is 4.10. The van der Waals surface area contributed by atoms with Crippen LogP contribution >= 0.6 is 11.3 Å². The molecule has 3 rings (SSSR count). The Labute approximate surface area is 155 Å². The number of rotatable bonds is 5. The maximum atomic E-state index is 13.0. The predicted octanol–water partition coefficient (Wildman–Crippen LogP) is 3.69. The van der Waals surface area contributed by atoms with Crippen molar-refractivity contribution in [1.82, 2.24) is 4.31 Å². The zero-order valence-corrected chi connectivity index (χ0v) is 15.5. The lowest BCUT2D eigenvalue weighted by Crippen LogP contribution is -2.35. The first-order valence-corrected chi connectivity index (χ1v) is 10.4. The van der Waals surface area contributed by atoms with Gasteiger partial charge in [-0.3, -0.25) is 0 Å². The number of hydrogen-bond acceptors (Lipinski definition) is 4. The zero-order valence-electron chi connectivity index (χ0n) is 13.9. The van der Waals surface area contributed by atoms with E-state index in [1.807, 2.05) is 0 Å². The van der Waals surface area contributed by atoms with Gasteiger partial charge < -0.3 is 5.11 Å². The highest BCUT2D eigenvalue weighted by molar-refractivity contribution is 7.91. The van der Waals surface area contributed by atoms with Crippen LogP contribution < -0.4 is 0 Å². The lowest BCUT2D eigenvalue weighted by molar-refractivity contribution is -0.130. The molecule has 1 aromatic carbocycles. The van der Waals surface area contributed by atoms with Crippen molar-refractivity contribution in [3.8, 4) is 0 Å². The molecular formula is C18H18FNO4S2. The smallest absolute Gasteiger partial charge is 0.337 e. The monoisotopic (exact) mass is 395 g/mol. The van der Waals surface area contributed by atoms with Crippen molar-refractivity contribution in [2.75, 3.05) is 13.1 Å². The molecule has 0 amide bonds. The molecule has 1 fully saturated rings. The van der Waals surface area contributed by atoms with Crippen LogP contribution in [0.1, 0.15) is 29.7 Å². The fraction of sp³-hybridized carbons (Fsp3) is 0.278. The molecule has 2 heterocycles. The maximum Gasteiger partial charge on any atom is 0.337 e. The highest BCUT2D eigenvalue weighted by Crippen LogP contribution is 2.32. The summed E-state index contributed by atoms with van der Waals surface area (Å²) in [7, 11) is -3.60. The molecule has 0 bridgehead atoms. The minimum absolute atomic E-state index is 0.0262. The number of halogens is 1. The Hall–Kier alpha value is -2.03. The summed E-state index contributed by atoms with van der Waals surface area (Å²) >= 11 is 0.939. The van der Waals surface area contributed by atoms with E-state index >= 15 is 0 Å². The van der Waals surface area contributed by atoms with Gasteiger partial charge >= 0.3 is 5.97 Å². The van der Waals surface area contributed by atoms with Gasteiger partial charge in [-0.15, -0.1) is 11.3 Å². The molecule has 0 spiro atoms. The fourth-order valence-electron chi connectivity index (χ4n) is 2.80. The van der Waals surface area contributed by atoms with Crippen molar-refractivity contribution in [1.29, 1.82) is 0 Å². The van der Waals surface area contributed by atoms with Gasteiger partial charge in [0, 0.05) is 18.0 Å². The van der Waals surface area contributed by atoms with Gasteiger partial charge in [-0.05, 0) is 48.7 Å². The van der Waals surface area contributed by atoms with E-state index in [1.165, 1.54) is 46.8 Å². The van der Waals surface area contributed by atoms with Crippen molar-refractivity contribution in [2.45, 2.75) is 23.5 Å². The average molecular weight is 395 g/mol. The van der Waals surface area contributed by atoms with Crippen molar-refractivity contribution in [3.63, 3.8) is 0 Å². The Morgan fingerprint density at radius 3 is 2.35 bits per heavy atom. The third-order valence-corrected chi connectivity index (χ3v) is 7.65. The Morgan fingerprint density at radius 2 is 1.73 bits per heavy atom. The quantitative estimate of drug-likeness (QED) is 0.784. The molecule has 5 nitrogen and oxygen atoms in total. The number of carbonyl (C=O) groups is 1. The van der Waals surface area contributed by atoms with Gasteiger partial charge in [-0.1, -0.05) is 18.6 Å².